The minimum atomic E-state index is -0.318. The molecule has 1 aliphatic rings. The van der Waals surface area contributed by atoms with Gasteiger partial charge in [0.1, 0.15) is 18.2 Å². The van der Waals surface area contributed by atoms with Gasteiger partial charge in [-0.15, -0.1) is 0 Å². The molecule has 1 N–H and O–H groups in total. The molecular weight excluding hydrogens is 253 g/mol. The number of rotatable bonds is 2. The highest BCUT2D eigenvalue weighted by molar-refractivity contribution is 9.10. The van der Waals surface area contributed by atoms with E-state index in [1.165, 1.54) is 13.2 Å². The quantitative estimate of drug-likeness (QED) is 0.828. The lowest BCUT2D eigenvalue weighted by atomic mass is 10.1. The van der Waals surface area contributed by atoms with Crippen LogP contribution in [0.4, 0.5) is 4.39 Å². The summed E-state index contributed by atoms with van der Waals surface area (Å²) in [5.41, 5.74) is 3.68. The van der Waals surface area contributed by atoms with Crippen molar-refractivity contribution in [1.82, 2.24) is 5.48 Å². The fraction of sp³-hybridized carbons (Fsp3) is 0.333. The van der Waals surface area contributed by atoms with Crippen molar-refractivity contribution < 1.29 is 14.0 Å². The Bertz CT molecular complexity index is 359. The first-order valence-corrected chi connectivity index (χ1v) is 4.92. The predicted molar refractivity (Wildman–Crippen MR) is 52.5 cm³/mol. The summed E-state index contributed by atoms with van der Waals surface area (Å²) in [6.07, 6.45) is 0. The van der Waals surface area contributed by atoms with Crippen molar-refractivity contribution in [2.24, 2.45) is 0 Å². The van der Waals surface area contributed by atoms with Gasteiger partial charge < -0.3 is 9.57 Å². The van der Waals surface area contributed by atoms with Gasteiger partial charge in [0.2, 0.25) is 0 Å². The van der Waals surface area contributed by atoms with E-state index in [1.807, 2.05) is 0 Å². The van der Waals surface area contributed by atoms with Crippen LogP contribution in [0.25, 0.3) is 0 Å². The number of ether oxygens (including phenoxy) is 1. The molecule has 0 aromatic heterocycles. The monoisotopic (exact) mass is 261 g/mol. The summed E-state index contributed by atoms with van der Waals surface area (Å²) in [4.78, 5) is 4.81. The van der Waals surface area contributed by atoms with Crippen LogP contribution >= 0.6 is 15.9 Å². The van der Waals surface area contributed by atoms with Crippen LogP contribution in [-0.2, 0) is 4.84 Å². The van der Waals surface area contributed by atoms with Crippen LogP contribution in [0.5, 0.6) is 5.75 Å². The second-order valence-corrected chi connectivity index (χ2v) is 3.84. The molecule has 0 saturated heterocycles. The third-order valence-corrected chi connectivity index (χ3v) is 2.70. The molecule has 0 fully saturated rings. The van der Waals surface area contributed by atoms with E-state index >= 15 is 0 Å². The highest BCUT2D eigenvalue weighted by Gasteiger charge is 2.25. The summed E-state index contributed by atoms with van der Waals surface area (Å²) in [7, 11) is 1.54. The van der Waals surface area contributed by atoms with Crippen LogP contribution in [0.15, 0.2) is 16.6 Å². The van der Waals surface area contributed by atoms with Gasteiger partial charge in [0.15, 0.2) is 0 Å². The van der Waals surface area contributed by atoms with E-state index in [2.05, 4.69) is 21.4 Å². The number of hydrogen-bond acceptors (Lipinski definition) is 3. The Morgan fingerprint density at radius 1 is 1.64 bits per heavy atom. The van der Waals surface area contributed by atoms with E-state index in [4.69, 9.17) is 9.57 Å². The normalized spacial score (nSPS) is 19.2. The molecule has 1 aliphatic heterocycles. The molecule has 0 radical (unpaired) electrons. The van der Waals surface area contributed by atoms with Gasteiger partial charge in [-0.25, -0.2) is 4.39 Å². The summed E-state index contributed by atoms with van der Waals surface area (Å²) in [6, 6.07) is 3.04. The maximum absolute atomic E-state index is 13.1. The Morgan fingerprint density at radius 2 is 2.43 bits per heavy atom. The van der Waals surface area contributed by atoms with Crippen LogP contribution in [0.3, 0.4) is 0 Å². The number of halogens is 2. The van der Waals surface area contributed by atoms with Gasteiger partial charge in [-0.2, -0.15) is 5.48 Å². The topological polar surface area (TPSA) is 30.5 Å². The van der Waals surface area contributed by atoms with E-state index in [-0.39, 0.29) is 11.9 Å². The lowest BCUT2D eigenvalue weighted by Gasteiger charge is -2.08. The maximum atomic E-state index is 13.1. The standard InChI is InChI=1S/C9H9BrFNO2/c1-13-12-8-4-14-9-3-7(11)6(10)2-5(8)9/h2-3,8,12H,4H2,1H3. The third-order valence-electron chi connectivity index (χ3n) is 2.09. The molecule has 2 rings (SSSR count). The van der Waals surface area contributed by atoms with Gasteiger partial charge in [0, 0.05) is 11.6 Å². The minimum absolute atomic E-state index is 0.0353. The molecule has 0 amide bonds. The first-order valence-electron chi connectivity index (χ1n) is 4.12. The summed E-state index contributed by atoms with van der Waals surface area (Å²) in [5, 5.41) is 0. The molecule has 1 aromatic carbocycles. The molecule has 0 spiro atoms. The average Bonchev–Trinajstić information content (AvgIpc) is 2.51. The highest BCUT2D eigenvalue weighted by Crippen LogP contribution is 2.35. The highest BCUT2D eigenvalue weighted by atomic mass is 79.9. The molecule has 5 heteroatoms. The number of hydroxylamine groups is 1. The van der Waals surface area contributed by atoms with E-state index in [0.29, 0.717) is 16.8 Å². The summed E-state index contributed by atoms with van der Waals surface area (Å²) < 4.78 is 18.8. The van der Waals surface area contributed by atoms with Gasteiger partial charge >= 0.3 is 0 Å². The fourth-order valence-corrected chi connectivity index (χ4v) is 1.81. The number of benzene rings is 1. The van der Waals surface area contributed by atoms with Crippen LogP contribution in [-0.4, -0.2) is 13.7 Å². The van der Waals surface area contributed by atoms with Crippen LogP contribution in [0.1, 0.15) is 11.6 Å². The van der Waals surface area contributed by atoms with Crippen LogP contribution in [0.2, 0.25) is 0 Å². The summed E-state index contributed by atoms with van der Waals surface area (Å²) in [6.45, 7) is 0.457. The number of hydrogen-bond donors (Lipinski definition) is 1. The van der Waals surface area contributed by atoms with E-state index in [9.17, 15) is 4.39 Å². The lowest BCUT2D eigenvalue weighted by molar-refractivity contribution is 0.0536. The molecule has 0 aliphatic carbocycles. The SMILES string of the molecule is CONC1COc2cc(F)c(Br)cc21. The molecular formula is C9H9BrFNO2. The lowest BCUT2D eigenvalue weighted by Crippen LogP contribution is -2.20. The number of fused-ring (bicyclic) bond motifs is 1. The maximum Gasteiger partial charge on any atom is 0.141 e. The van der Waals surface area contributed by atoms with Crippen LogP contribution < -0.4 is 10.2 Å². The molecule has 1 unspecified atom stereocenters. The third kappa shape index (κ3) is 1.63. The largest absolute Gasteiger partial charge is 0.491 e. The molecule has 0 saturated carbocycles. The van der Waals surface area contributed by atoms with E-state index in [0.717, 1.165) is 5.56 Å². The Balaban J connectivity index is 2.35. The van der Waals surface area contributed by atoms with Gasteiger partial charge in [-0.1, -0.05) is 0 Å². The molecule has 76 valence electrons. The molecule has 1 heterocycles. The zero-order chi connectivity index (χ0) is 10.1. The first-order chi connectivity index (χ1) is 6.72. The van der Waals surface area contributed by atoms with Crippen molar-refractivity contribution in [2.75, 3.05) is 13.7 Å². The van der Waals surface area contributed by atoms with Gasteiger partial charge in [0.05, 0.1) is 17.6 Å². The average molecular weight is 262 g/mol. The molecule has 3 nitrogen and oxygen atoms in total. The Labute approximate surface area is 89.3 Å². The van der Waals surface area contributed by atoms with Crippen molar-refractivity contribution in [2.45, 2.75) is 6.04 Å². The minimum Gasteiger partial charge on any atom is -0.491 e. The zero-order valence-corrected chi connectivity index (χ0v) is 9.10. The van der Waals surface area contributed by atoms with Gasteiger partial charge in [-0.05, 0) is 22.0 Å². The van der Waals surface area contributed by atoms with Crippen molar-refractivity contribution in [3.8, 4) is 5.75 Å². The van der Waals surface area contributed by atoms with Crippen molar-refractivity contribution >= 4 is 15.9 Å². The van der Waals surface area contributed by atoms with Gasteiger partial charge in [0.25, 0.3) is 0 Å². The van der Waals surface area contributed by atoms with E-state index < -0.39 is 0 Å². The van der Waals surface area contributed by atoms with Crippen LogP contribution in [0, 0.1) is 5.82 Å². The molecule has 1 aromatic rings. The molecule has 1 atom stereocenters. The number of nitrogens with one attached hydrogen (secondary N) is 1. The van der Waals surface area contributed by atoms with Crippen molar-refractivity contribution in [3.63, 3.8) is 0 Å². The molecule has 14 heavy (non-hydrogen) atoms. The smallest absolute Gasteiger partial charge is 0.141 e. The van der Waals surface area contributed by atoms with Crippen molar-refractivity contribution in [1.29, 1.82) is 0 Å². The van der Waals surface area contributed by atoms with Gasteiger partial charge in [-0.3, -0.25) is 0 Å². The second kappa shape index (κ2) is 3.84. The summed E-state index contributed by atoms with van der Waals surface area (Å²) in [5.74, 6) is 0.252. The zero-order valence-electron chi connectivity index (χ0n) is 7.51. The Morgan fingerprint density at radius 3 is 3.14 bits per heavy atom. The van der Waals surface area contributed by atoms with E-state index in [1.54, 1.807) is 6.07 Å². The second-order valence-electron chi connectivity index (χ2n) is 2.99. The van der Waals surface area contributed by atoms with Crippen molar-refractivity contribution in [3.05, 3.63) is 28.0 Å². The Kier molecular flexibility index (Phi) is 2.71. The predicted octanol–water partition coefficient (Wildman–Crippen LogP) is 2.17. The molecule has 0 bridgehead atoms. The fourth-order valence-electron chi connectivity index (χ4n) is 1.44. The Hall–Kier alpha value is -0.650. The first kappa shape index (κ1) is 9.89. The summed E-state index contributed by atoms with van der Waals surface area (Å²) >= 11 is 3.13.